The zero-order valence-corrected chi connectivity index (χ0v) is 12.8. The molecule has 2 unspecified atom stereocenters. The molecular weight excluding hydrogens is 284 g/mol. The maximum absolute atomic E-state index is 11.8. The van der Waals surface area contributed by atoms with Crippen LogP contribution >= 0.6 is 11.6 Å². The highest BCUT2D eigenvalue weighted by Crippen LogP contribution is 2.35. The molecule has 0 fully saturated rings. The number of rotatable bonds is 2. The summed E-state index contributed by atoms with van der Waals surface area (Å²) in [6, 6.07) is 10.0. The maximum Gasteiger partial charge on any atom is 0.253 e. The van der Waals surface area contributed by atoms with Crippen LogP contribution in [0.15, 0.2) is 53.6 Å². The quantitative estimate of drug-likeness (QED) is 0.923. The fourth-order valence-electron chi connectivity index (χ4n) is 2.85. The Bertz CT molecular complexity index is 720. The van der Waals surface area contributed by atoms with Gasteiger partial charge in [-0.15, -0.1) is 0 Å². The Morgan fingerprint density at radius 3 is 2.57 bits per heavy atom. The molecule has 0 bridgehead atoms. The number of hydrogen-bond donors (Lipinski definition) is 1. The minimum absolute atomic E-state index is 0.0488. The SMILES string of the molecule is Cc1cc(C2NC=CC2c2ccc(Cl)cc2)cn(C)c1=O. The molecule has 1 aliphatic rings. The number of halogens is 1. The summed E-state index contributed by atoms with van der Waals surface area (Å²) in [6.07, 6.45) is 6.03. The van der Waals surface area contributed by atoms with Crippen LogP contribution in [0.2, 0.25) is 5.02 Å². The Labute approximate surface area is 128 Å². The van der Waals surface area contributed by atoms with E-state index in [1.54, 1.807) is 11.6 Å². The highest BCUT2D eigenvalue weighted by Gasteiger charge is 2.26. The molecule has 0 spiro atoms. The molecule has 2 aromatic rings. The van der Waals surface area contributed by atoms with Gasteiger partial charge in [-0.05, 0) is 42.4 Å². The van der Waals surface area contributed by atoms with Gasteiger partial charge in [-0.2, -0.15) is 0 Å². The van der Waals surface area contributed by atoms with Gasteiger partial charge in [0.15, 0.2) is 0 Å². The summed E-state index contributed by atoms with van der Waals surface area (Å²) < 4.78 is 1.64. The van der Waals surface area contributed by atoms with E-state index in [4.69, 9.17) is 11.6 Å². The minimum Gasteiger partial charge on any atom is -0.383 e. The van der Waals surface area contributed by atoms with Crippen LogP contribution in [0.1, 0.15) is 28.7 Å². The third kappa shape index (κ3) is 2.61. The van der Waals surface area contributed by atoms with Crippen LogP contribution in [0, 0.1) is 6.92 Å². The highest BCUT2D eigenvalue weighted by atomic mass is 35.5. The molecular formula is C17H17ClN2O. The summed E-state index contributed by atoms with van der Waals surface area (Å²) in [4.78, 5) is 11.8. The minimum atomic E-state index is 0.0488. The van der Waals surface area contributed by atoms with Gasteiger partial charge < -0.3 is 9.88 Å². The maximum atomic E-state index is 11.8. The van der Waals surface area contributed by atoms with Crippen molar-refractivity contribution in [1.29, 1.82) is 0 Å². The summed E-state index contributed by atoms with van der Waals surface area (Å²) >= 11 is 5.96. The van der Waals surface area contributed by atoms with Gasteiger partial charge >= 0.3 is 0 Å². The molecule has 108 valence electrons. The lowest BCUT2D eigenvalue weighted by molar-refractivity contribution is 0.595. The molecule has 0 radical (unpaired) electrons. The van der Waals surface area contributed by atoms with Crippen molar-refractivity contribution in [1.82, 2.24) is 9.88 Å². The number of benzene rings is 1. The lowest BCUT2D eigenvalue weighted by Gasteiger charge is -2.22. The molecule has 2 heterocycles. The molecule has 21 heavy (non-hydrogen) atoms. The van der Waals surface area contributed by atoms with E-state index in [0.29, 0.717) is 0 Å². The number of hydrogen-bond acceptors (Lipinski definition) is 2. The van der Waals surface area contributed by atoms with Crippen molar-refractivity contribution in [2.45, 2.75) is 18.9 Å². The number of aryl methyl sites for hydroxylation is 2. The molecule has 1 aromatic carbocycles. The van der Waals surface area contributed by atoms with E-state index >= 15 is 0 Å². The fraction of sp³-hybridized carbons (Fsp3) is 0.235. The Morgan fingerprint density at radius 2 is 1.90 bits per heavy atom. The normalized spacial score (nSPS) is 20.5. The largest absolute Gasteiger partial charge is 0.383 e. The van der Waals surface area contributed by atoms with Crippen LogP contribution in [0.3, 0.4) is 0 Å². The van der Waals surface area contributed by atoms with Crippen LogP contribution in [0.5, 0.6) is 0 Å². The van der Waals surface area contributed by atoms with Crippen molar-refractivity contribution in [2.75, 3.05) is 0 Å². The second-order valence-electron chi connectivity index (χ2n) is 5.45. The first kappa shape index (κ1) is 14.0. The third-order valence-electron chi connectivity index (χ3n) is 3.94. The number of nitrogens with one attached hydrogen (secondary N) is 1. The van der Waals surface area contributed by atoms with Crippen molar-refractivity contribution in [3.05, 3.63) is 80.9 Å². The molecule has 1 aliphatic heterocycles. The standard InChI is InChI=1S/C17H17ClN2O/c1-11-9-13(10-20(2)17(11)21)16-15(7-8-19-16)12-3-5-14(18)6-4-12/h3-10,15-16,19H,1-2H3. The van der Waals surface area contributed by atoms with Crippen LogP contribution in [0.4, 0.5) is 0 Å². The van der Waals surface area contributed by atoms with E-state index < -0.39 is 0 Å². The van der Waals surface area contributed by atoms with E-state index in [0.717, 1.165) is 16.1 Å². The van der Waals surface area contributed by atoms with Crippen LogP contribution < -0.4 is 10.9 Å². The Hall–Kier alpha value is -2.00. The monoisotopic (exact) mass is 300 g/mol. The molecule has 1 aromatic heterocycles. The van der Waals surface area contributed by atoms with Gasteiger partial charge in [0.1, 0.15) is 0 Å². The molecule has 3 rings (SSSR count). The summed E-state index contributed by atoms with van der Waals surface area (Å²) in [7, 11) is 1.79. The molecule has 4 heteroatoms. The van der Waals surface area contributed by atoms with Crippen LogP contribution in [-0.2, 0) is 7.05 Å². The lowest BCUT2D eigenvalue weighted by Crippen LogP contribution is -2.23. The smallest absolute Gasteiger partial charge is 0.253 e. The molecule has 2 atom stereocenters. The molecule has 3 nitrogen and oxygen atoms in total. The van der Waals surface area contributed by atoms with Crippen molar-refractivity contribution in [3.63, 3.8) is 0 Å². The number of nitrogens with zero attached hydrogens (tertiary/aromatic N) is 1. The second kappa shape index (κ2) is 5.41. The van der Waals surface area contributed by atoms with E-state index in [9.17, 15) is 4.79 Å². The predicted octanol–water partition coefficient (Wildman–Crippen LogP) is 3.29. The third-order valence-corrected chi connectivity index (χ3v) is 4.19. The van der Waals surface area contributed by atoms with Crippen LogP contribution in [-0.4, -0.2) is 4.57 Å². The molecule has 0 amide bonds. The Morgan fingerprint density at radius 1 is 1.19 bits per heavy atom. The number of aromatic nitrogens is 1. The second-order valence-corrected chi connectivity index (χ2v) is 5.89. The zero-order valence-electron chi connectivity index (χ0n) is 12.0. The Kier molecular flexibility index (Phi) is 3.60. The first-order chi connectivity index (χ1) is 10.1. The first-order valence-corrected chi connectivity index (χ1v) is 7.29. The molecule has 0 aliphatic carbocycles. The van der Waals surface area contributed by atoms with Crippen molar-refractivity contribution < 1.29 is 0 Å². The zero-order chi connectivity index (χ0) is 15.0. The van der Waals surface area contributed by atoms with Gasteiger partial charge in [-0.25, -0.2) is 0 Å². The first-order valence-electron chi connectivity index (χ1n) is 6.91. The lowest BCUT2D eigenvalue weighted by atomic mass is 9.89. The molecule has 0 saturated heterocycles. The summed E-state index contributed by atoms with van der Waals surface area (Å²) in [6.45, 7) is 1.85. The van der Waals surface area contributed by atoms with Crippen molar-refractivity contribution >= 4 is 11.6 Å². The fourth-order valence-corrected chi connectivity index (χ4v) is 2.98. The van der Waals surface area contributed by atoms with Gasteiger partial charge in [-0.1, -0.05) is 29.8 Å². The summed E-state index contributed by atoms with van der Waals surface area (Å²) in [5.41, 5.74) is 3.13. The Balaban J connectivity index is 1.99. The summed E-state index contributed by atoms with van der Waals surface area (Å²) in [5.74, 6) is 0.235. The average Bonchev–Trinajstić information content (AvgIpc) is 2.94. The van der Waals surface area contributed by atoms with Gasteiger partial charge in [0.25, 0.3) is 5.56 Å². The van der Waals surface area contributed by atoms with Gasteiger partial charge in [-0.3, -0.25) is 4.79 Å². The van der Waals surface area contributed by atoms with Crippen molar-refractivity contribution in [3.8, 4) is 0 Å². The van der Waals surface area contributed by atoms with Gasteiger partial charge in [0.2, 0.25) is 0 Å². The van der Waals surface area contributed by atoms with Crippen LogP contribution in [0.25, 0.3) is 0 Å². The predicted molar refractivity (Wildman–Crippen MR) is 85.6 cm³/mol. The van der Waals surface area contributed by atoms with E-state index in [1.165, 1.54) is 5.56 Å². The van der Waals surface area contributed by atoms with E-state index in [2.05, 4.69) is 11.4 Å². The van der Waals surface area contributed by atoms with E-state index in [1.807, 2.05) is 49.7 Å². The molecule has 0 saturated carbocycles. The van der Waals surface area contributed by atoms with Crippen molar-refractivity contribution in [2.24, 2.45) is 7.05 Å². The van der Waals surface area contributed by atoms with Gasteiger partial charge in [0, 0.05) is 29.7 Å². The summed E-state index contributed by atoms with van der Waals surface area (Å²) in [5, 5.41) is 4.12. The highest BCUT2D eigenvalue weighted by molar-refractivity contribution is 6.30. The average molecular weight is 301 g/mol. The topological polar surface area (TPSA) is 34.0 Å². The molecule has 1 N–H and O–H groups in total. The van der Waals surface area contributed by atoms with E-state index in [-0.39, 0.29) is 17.5 Å². The number of pyridine rings is 1. The van der Waals surface area contributed by atoms with Gasteiger partial charge in [0.05, 0.1) is 6.04 Å².